The summed E-state index contributed by atoms with van der Waals surface area (Å²) in [5.41, 5.74) is 0.611. The Morgan fingerprint density at radius 3 is 2.93 bits per heavy atom. The summed E-state index contributed by atoms with van der Waals surface area (Å²) in [6.45, 7) is 1.40. The predicted molar refractivity (Wildman–Crippen MR) is 65.5 cm³/mol. The number of nitrogens with zero attached hydrogens (tertiary/aromatic N) is 1. The number of benzene rings is 1. The van der Waals surface area contributed by atoms with Crippen LogP contribution in [0.4, 0.5) is 10.1 Å². The maximum absolute atomic E-state index is 13.6. The van der Waals surface area contributed by atoms with Crippen LogP contribution in [0.1, 0.15) is 6.42 Å². The van der Waals surface area contributed by atoms with Gasteiger partial charge in [-0.15, -0.1) is 0 Å². The molecular formula is C11H11FINO. The molecule has 1 aromatic carbocycles. The molecule has 0 radical (unpaired) electrons. The van der Waals surface area contributed by atoms with Gasteiger partial charge in [-0.3, -0.25) is 0 Å². The van der Waals surface area contributed by atoms with Crippen molar-refractivity contribution in [1.29, 1.82) is 0 Å². The number of hydrogen-bond acceptors (Lipinski definition) is 2. The molecule has 0 saturated carbocycles. The van der Waals surface area contributed by atoms with Gasteiger partial charge < -0.3 is 9.69 Å². The summed E-state index contributed by atoms with van der Waals surface area (Å²) in [7, 11) is 0. The second-order valence-electron chi connectivity index (χ2n) is 3.73. The Balaban J connectivity index is 2.20. The minimum atomic E-state index is -0.201. The normalized spacial score (nSPS) is 20.7. The minimum Gasteiger partial charge on any atom is -0.368 e. The second-order valence-corrected chi connectivity index (χ2v) is 4.97. The first-order valence-corrected chi connectivity index (χ1v) is 5.94. The van der Waals surface area contributed by atoms with E-state index in [0.717, 1.165) is 22.8 Å². The molecule has 0 bridgehead atoms. The summed E-state index contributed by atoms with van der Waals surface area (Å²) >= 11 is 2.08. The number of anilines is 1. The van der Waals surface area contributed by atoms with Crippen molar-refractivity contribution in [2.24, 2.45) is 5.92 Å². The molecule has 0 spiro atoms. The average molecular weight is 319 g/mol. The lowest BCUT2D eigenvalue weighted by atomic mass is 10.1. The summed E-state index contributed by atoms with van der Waals surface area (Å²) in [4.78, 5) is 12.5. The van der Waals surface area contributed by atoms with Crippen LogP contribution in [-0.2, 0) is 4.79 Å². The molecule has 2 rings (SSSR count). The lowest BCUT2D eigenvalue weighted by molar-refractivity contribution is -0.110. The van der Waals surface area contributed by atoms with E-state index in [1.54, 1.807) is 6.07 Å². The summed E-state index contributed by atoms with van der Waals surface area (Å²) in [5.74, 6) is -0.142. The first-order valence-electron chi connectivity index (χ1n) is 4.86. The lowest BCUT2D eigenvalue weighted by Crippen LogP contribution is -2.21. The molecule has 1 saturated heterocycles. The highest BCUT2D eigenvalue weighted by Gasteiger charge is 2.23. The molecule has 1 fully saturated rings. The summed E-state index contributed by atoms with van der Waals surface area (Å²) < 4.78 is 14.5. The van der Waals surface area contributed by atoms with E-state index in [9.17, 15) is 9.18 Å². The van der Waals surface area contributed by atoms with Crippen LogP contribution < -0.4 is 4.90 Å². The van der Waals surface area contributed by atoms with Crippen LogP contribution in [0.3, 0.4) is 0 Å². The van der Waals surface area contributed by atoms with Gasteiger partial charge >= 0.3 is 0 Å². The molecule has 80 valence electrons. The van der Waals surface area contributed by atoms with Crippen molar-refractivity contribution >= 4 is 34.6 Å². The van der Waals surface area contributed by atoms with Crippen LogP contribution in [-0.4, -0.2) is 19.4 Å². The number of rotatable bonds is 2. The van der Waals surface area contributed by atoms with E-state index >= 15 is 0 Å². The van der Waals surface area contributed by atoms with Crippen LogP contribution in [0.25, 0.3) is 0 Å². The van der Waals surface area contributed by atoms with Gasteiger partial charge in [-0.25, -0.2) is 4.39 Å². The van der Waals surface area contributed by atoms with E-state index < -0.39 is 0 Å². The third-order valence-corrected chi connectivity index (χ3v) is 3.34. The first-order chi connectivity index (χ1) is 7.20. The fourth-order valence-corrected chi connectivity index (χ4v) is 2.31. The number of aldehydes is 1. The molecule has 2 nitrogen and oxygen atoms in total. The van der Waals surface area contributed by atoms with Gasteiger partial charge in [0.1, 0.15) is 12.1 Å². The Morgan fingerprint density at radius 2 is 2.33 bits per heavy atom. The van der Waals surface area contributed by atoms with E-state index in [4.69, 9.17) is 0 Å². The molecule has 1 aromatic rings. The SMILES string of the molecule is O=CC1CCN(c2ccc(I)cc2F)C1. The number of carbonyl (C=O) groups excluding carboxylic acids is 1. The molecule has 0 aliphatic carbocycles. The van der Waals surface area contributed by atoms with Gasteiger partial charge in [0.25, 0.3) is 0 Å². The van der Waals surface area contributed by atoms with Crippen LogP contribution >= 0.6 is 22.6 Å². The van der Waals surface area contributed by atoms with Crippen LogP contribution in [0.15, 0.2) is 18.2 Å². The topological polar surface area (TPSA) is 20.3 Å². The van der Waals surface area contributed by atoms with Gasteiger partial charge in [0.2, 0.25) is 0 Å². The van der Waals surface area contributed by atoms with Gasteiger partial charge in [0, 0.05) is 22.6 Å². The highest BCUT2D eigenvalue weighted by molar-refractivity contribution is 14.1. The predicted octanol–water partition coefficient (Wildman–Crippen LogP) is 2.46. The highest BCUT2D eigenvalue weighted by atomic mass is 127. The van der Waals surface area contributed by atoms with Gasteiger partial charge in [0.05, 0.1) is 5.69 Å². The highest BCUT2D eigenvalue weighted by Crippen LogP contribution is 2.26. The van der Waals surface area contributed by atoms with Crippen molar-refractivity contribution in [3.8, 4) is 0 Å². The van der Waals surface area contributed by atoms with E-state index in [1.165, 1.54) is 6.07 Å². The van der Waals surface area contributed by atoms with Crippen molar-refractivity contribution in [3.63, 3.8) is 0 Å². The number of carbonyl (C=O) groups is 1. The average Bonchev–Trinajstić information content (AvgIpc) is 2.66. The maximum Gasteiger partial charge on any atom is 0.147 e. The molecule has 0 N–H and O–H groups in total. The monoisotopic (exact) mass is 319 g/mol. The fraction of sp³-hybridized carbons (Fsp3) is 0.364. The largest absolute Gasteiger partial charge is 0.368 e. The van der Waals surface area contributed by atoms with E-state index in [2.05, 4.69) is 22.6 Å². The zero-order chi connectivity index (χ0) is 10.8. The Morgan fingerprint density at radius 1 is 1.53 bits per heavy atom. The smallest absolute Gasteiger partial charge is 0.147 e. The molecule has 15 heavy (non-hydrogen) atoms. The van der Waals surface area contributed by atoms with Crippen molar-refractivity contribution in [2.75, 3.05) is 18.0 Å². The minimum absolute atomic E-state index is 0.0590. The fourth-order valence-electron chi connectivity index (χ4n) is 1.85. The van der Waals surface area contributed by atoms with Crippen LogP contribution in [0.2, 0.25) is 0 Å². The summed E-state index contributed by atoms with van der Waals surface area (Å²) in [6, 6.07) is 5.18. The van der Waals surface area contributed by atoms with Gasteiger partial charge in [0.15, 0.2) is 0 Å². The lowest BCUT2D eigenvalue weighted by Gasteiger charge is -2.18. The number of hydrogen-bond donors (Lipinski definition) is 0. The Hall–Kier alpha value is -0.650. The van der Waals surface area contributed by atoms with Gasteiger partial charge in [-0.05, 0) is 47.2 Å². The van der Waals surface area contributed by atoms with Gasteiger partial charge in [-0.1, -0.05) is 0 Å². The van der Waals surface area contributed by atoms with Crippen molar-refractivity contribution < 1.29 is 9.18 Å². The zero-order valence-electron chi connectivity index (χ0n) is 8.12. The van der Waals surface area contributed by atoms with E-state index in [-0.39, 0.29) is 11.7 Å². The molecule has 1 aliphatic rings. The maximum atomic E-state index is 13.6. The van der Waals surface area contributed by atoms with Gasteiger partial charge in [-0.2, -0.15) is 0 Å². The second kappa shape index (κ2) is 4.47. The quantitative estimate of drug-likeness (QED) is 0.616. The van der Waals surface area contributed by atoms with Crippen LogP contribution in [0, 0.1) is 15.3 Å². The summed E-state index contributed by atoms with van der Waals surface area (Å²) in [5, 5.41) is 0. The van der Waals surface area contributed by atoms with Crippen molar-refractivity contribution in [3.05, 3.63) is 27.6 Å². The Labute approximate surface area is 102 Å². The Kier molecular flexibility index (Phi) is 3.23. The molecule has 1 unspecified atom stereocenters. The molecular weight excluding hydrogens is 308 g/mol. The van der Waals surface area contributed by atoms with Crippen LogP contribution in [0.5, 0.6) is 0 Å². The Bertz CT molecular complexity index is 383. The van der Waals surface area contributed by atoms with E-state index in [1.807, 2.05) is 11.0 Å². The molecule has 0 aromatic heterocycles. The molecule has 1 heterocycles. The zero-order valence-corrected chi connectivity index (χ0v) is 10.3. The first kappa shape index (κ1) is 10.9. The standard InChI is InChI=1S/C11H11FINO/c12-10-5-9(13)1-2-11(10)14-4-3-8(6-14)7-15/h1-2,5,7-8H,3-4,6H2. The number of halogens is 2. The molecule has 1 atom stereocenters. The van der Waals surface area contributed by atoms with E-state index in [0.29, 0.717) is 12.2 Å². The third kappa shape index (κ3) is 2.30. The molecule has 0 amide bonds. The third-order valence-electron chi connectivity index (χ3n) is 2.67. The van der Waals surface area contributed by atoms with Crippen molar-refractivity contribution in [1.82, 2.24) is 0 Å². The summed E-state index contributed by atoms with van der Waals surface area (Å²) in [6.07, 6.45) is 1.79. The molecule has 4 heteroatoms. The molecule has 1 aliphatic heterocycles. The van der Waals surface area contributed by atoms with Crippen molar-refractivity contribution in [2.45, 2.75) is 6.42 Å².